The molecule has 1 fully saturated rings. The standard InChI is InChI=1S/C10H12BrN3O3/c1-4(10(16)17)12-9(15)8-6(11)7(13-14-8)5-2-3-5/h4-5H,2-3H2,1H3,(H,12,15)(H,13,14)(H,16,17). The Kier molecular flexibility index (Phi) is 3.19. The highest BCUT2D eigenvalue weighted by atomic mass is 79.9. The third-order valence-electron chi connectivity index (χ3n) is 2.65. The van der Waals surface area contributed by atoms with E-state index in [1.54, 1.807) is 0 Å². The number of nitrogens with zero attached hydrogens (tertiary/aromatic N) is 1. The number of amides is 1. The number of carboxylic acids is 1. The van der Waals surface area contributed by atoms with Gasteiger partial charge >= 0.3 is 5.97 Å². The van der Waals surface area contributed by atoms with E-state index < -0.39 is 17.9 Å². The predicted molar refractivity (Wildman–Crippen MR) is 62.8 cm³/mol. The van der Waals surface area contributed by atoms with Crippen LogP contribution in [0.3, 0.4) is 0 Å². The van der Waals surface area contributed by atoms with Gasteiger partial charge < -0.3 is 10.4 Å². The highest BCUT2D eigenvalue weighted by Gasteiger charge is 2.30. The first-order valence-electron chi connectivity index (χ1n) is 5.28. The second kappa shape index (κ2) is 4.48. The fraction of sp³-hybridized carbons (Fsp3) is 0.500. The molecule has 1 aliphatic carbocycles. The van der Waals surface area contributed by atoms with Crippen molar-refractivity contribution in [2.24, 2.45) is 0 Å². The Morgan fingerprint density at radius 3 is 2.76 bits per heavy atom. The summed E-state index contributed by atoms with van der Waals surface area (Å²) in [5.74, 6) is -1.13. The van der Waals surface area contributed by atoms with Crippen LogP contribution < -0.4 is 5.32 Å². The second-order valence-electron chi connectivity index (χ2n) is 4.11. The number of nitrogens with one attached hydrogen (secondary N) is 2. The summed E-state index contributed by atoms with van der Waals surface area (Å²) >= 11 is 3.32. The Balaban J connectivity index is 2.11. The van der Waals surface area contributed by atoms with Gasteiger partial charge in [-0.25, -0.2) is 0 Å². The van der Waals surface area contributed by atoms with E-state index >= 15 is 0 Å². The lowest BCUT2D eigenvalue weighted by Crippen LogP contribution is -2.38. The van der Waals surface area contributed by atoms with Crippen molar-refractivity contribution in [3.8, 4) is 0 Å². The molecule has 0 aliphatic heterocycles. The van der Waals surface area contributed by atoms with E-state index in [0.29, 0.717) is 10.4 Å². The fourth-order valence-corrected chi connectivity index (χ4v) is 2.14. The molecule has 0 aromatic carbocycles. The van der Waals surface area contributed by atoms with E-state index in [0.717, 1.165) is 18.5 Å². The number of carboxylic acid groups (broad SMARTS) is 1. The Hall–Kier alpha value is -1.37. The van der Waals surface area contributed by atoms with Gasteiger partial charge in [0.25, 0.3) is 5.91 Å². The van der Waals surface area contributed by atoms with Gasteiger partial charge in [0, 0.05) is 5.92 Å². The van der Waals surface area contributed by atoms with Crippen LogP contribution in [0.1, 0.15) is 41.9 Å². The molecule has 0 bridgehead atoms. The number of hydrogen-bond donors (Lipinski definition) is 3. The largest absolute Gasteiger partial charge is 0.480 e. The van der Waals surface area contributed by atoms with Crippen molar-refractivity contribution in [1.29, 1.82) is 0 Å². The SMILES string of the molecule is CC(NC(=O)c1n[nH]c(C2CC2)c1Br)C(=O)O. The van der Waals surface area contributed by atoms with Crippen LogP contribution in [0.4, 0.5) is 0 Å². The summed E-state index contributed by atoms with van der Waals surface area (Å²) in [6.07, 6.45) is 2.18. The predicted octanol–water partition coefficient (Wildman–Crippen LogP) is 1.25. The maximum Gasteiger partial charge on any atom is 0.325 e. The van der Waals surface area contributed by atoms with Gasteiger partial charge in [0.2, 0.25) is 0 Å². The van der Waals surface area contributed by atoms with Crippen molar-refractivity contribution in [1.82, 2.24) is 15.5 Å². The monoisotopic (exact) mass is 301 g/mol. The highest BCUT2D eigenvalue weighted by Crippen LogP contribution is 2.42. The Labute approximate surface area is 106 Å². The summed E-state index contributed by atoms with van der Waals surface area (Å²) in [4.78, 5) is 22.4. The van der Waals surface area contributed by atoms with E-state index in [2.05, 4.69) is 31.4 Å². The number of hydrogen-bond acceptors (Lipinski definition) is 3. The molecule has 2 rings (SSSR count). The molecule has 1 unspecified atom stereocenters. The van der Waals surface area contributed by atoms with E-state index in [4.69, 9.17) is 5.11 Å². The molecule has 6 nitrogen and oxygen atoms in total. The molecule has 1 heterocycles. The molecule has 1 aromatic rings. The summed E-state index contributed by atoms with van der Waals surface area (Å²) in [6.45, 7) is 1.41. The first kappa shape index (κ1) is 12.1. The molecule has 1 aliphatic rings. The Morgan fingerprint density at radius 1 is 1.59 bits per heavy atom. The lowest BCUT2D eigenvalue weighted by atomic mass is 10.2. The lowest BCUT2D eigenvalue weighted by Gasteiger charge is -2.07. The molecule has 1 atom stereocenters. The van der Waals surface area contributed by atoms with Crippen molar-refractivity contribution in [3.63, 3.8) is 0 Å². The van der Waals surface area contributed by atoms with Gasteiger partial charge in [-0.05, 0) is 35.7 Å². The first-order valence-corrected chi connectivity index (χ1v) is 6.07. The minimum absolute atomic E-state index is 0.208. The molecule has 0 radical (unpaired) electrons. The molecular weight excluding hydrogens is 290 g/mol. The van der Waals surface area contributed by atoms with Crippen molar-refractivity contribution < 1.29 is 14.7 Å². The van der Waals surface area contributed by atoms with Gasteiger partial charge in [-0.2, -0.15) is 5.10 Å². The molecule has 17 heavy (non-hydrogen) atoms. The lowest BCUT2D eigenvalue weighted by molar-refractivity contribution is -0.138. The molecule has 1 amide bonds. The van der Waals surface area contributed by atoms with E-state index in [1.807, 2.05) is 0 Å². The zero-order chi connectivity index (χ0) is 12.6. The summed E-state index contributed by atoms with van der Waals surface area (Å²) in [5, 5.41) is 17.8. The third kappa shape index (κ3) is 2.49. The van der Waals surface area contributed by atoms with Crippen LogP contribution in [-0.2, 0) is 4.79 Å². The summed E-state index contributed by atoms with van der Waals surface area (Å²) in [7, 11) is 0. The molecular formula is C10H12BrN3O3. The van der Waals surface area contributed by atoms with Crippen LogP contribution >= 0.6 is 15.9 Å². The van der Waals surface area contributed by atoms with Crippen LogP contribution in [0.25, 0.3) is 0 Å². The Morgan fingerprint density at radius 2 is 2.24 bits per heavy atom. The second-order valence-corrected chi connectivity index (χ2v) is 4.90. The maximum absolute atomic E-state index is 11.7. The fourth-order valence-electron chi connectivity index (χ4n) is 1.46. The number of carbonyl (C=O) groups is 2. The maximum atomic E-state index is 11.7. The van der Waals surface area contributed by atoms with Gasteiger partial charge in [-0.15, -0.1) is 0 Å². The first-order chi connectivity index (χ1) is 8.00. The summed E-state index contributed by atoms with van der Waals surface area (Å²) in [6, 6.07) is -0.935. The zero-order valence-electron chi connectivity index (χ0n) is 9.16. The van der Waals surface area contributed by atoms with E-state index in [-0.39, 0.29) is 5.69 Å². The molecule has 3 N–H and O–H groups in total. The summed E-state index contributed by atoms with van der Waals surface area (Å²) in [5.41, 5.74) is 1.12. The number of halogens is 1. The molecule has 92 valence electrons. The number of aromatic nitrogens is 2. The number of H-pyrrole nitrogens is 1. The van der Waals surface area contributed by atoms with Gasteiger partial charge in [-0.3, -0.25) is 14.7 Å². The zero-order valence-corrected chi connectivity index (χ0v) is 10.7. The van der Waals surface area contributed by atoms with Gasteiger partial charge in [0.05, 0.1) is 10.2 Å². The van der Waals surface area contributed by atoms with E-state index in [1.165, 1.54) is 6.92 Å². The van der Waals surface area contributed by atoms with Crippen LogP contribution in [0.15, 0.2) is 4.47 Å². The topological polar surface area (TPSA) is 95.1 Å². The quantitative estimate of drug-likeness (QED) is 0.780. The average Bonchev–Trinajstić information content (AvgIpc) is 3.02. The van der Waals surface area contributed by atoms with Crippen LogP contribution in [0, 0.1) is 0 Å². The van der Waals surface area contributed by atoms with Crippen molar-refractivity contribution in [2.45, 2.75) is 31.7 Å². The van der Waals surface area contributed by atoms with Crippen molar-refractivity contribution >= 4 is 27.8 Å². The Bertz CT molecular complexity index is 467. The van der Waals surface area contributed by atoms with Crippen LogP contribution in [0.2, 0.25) is 0 Å². The summed E-state index contributed by atoms with van der Waals surface area (Å²) < 4.78 is 0.634. The average molecular weight is 302 g/mol. The van der Waals surface area contributed by atoms with Crippen LogP contribution in [0.5, 0.6) is 0 Å². The highest BCUT2D eigenvalue weighted by molar-refractivity contribution is 9.10. The molecule has 7 heteroatoms. The third-order valence-corrected chi connectivity index (χ3v) is 3.45. The number of carbonyl (C=O) groups excluding carboxylic acids is 1. The van der Waals surface area contributed by atoms with Crippen LogP contribution in [-0.4, -0.2) is 33.2 Å². The van der Waals surface area contributed by atoms with Gasteiger partial charge in [0.15, 0.2) is 5.69 Å². The smallest absolute Gasteiger partial charge is 0.325 e. The van der Waals surface area contributed by atoms with Gasteiger partial charge in [-0.1, -0.05) is 0 Å². The van der Waals surface area contributed by atoms with Gasteiger partial charge in [0.1, 0.15) is 6.04 Å². The minimum atomic E-state index is -1.08. The number of aliphatic carboxylic acids is 1. The number of rotatable bonds is 4. The molecule has 1 aromatic heterocycles. The number of aromatic amines is 1. The normalized spacial score (nSPS) is 16.6. The van der Waals surface area contributed by atoms with E-state index in [9.17, 15) is 9.59 Å². The molecule has 1 saturated carbocycles. The van der Waals surface area contributed by atoms with Crippen molar-refractivity contribution in [3.05, 3.63) is 15.9 Å². The minimum Gasteiger partial charge on any atom is -0.480 e. The van der Waals surface area contributed by atoms with Crippen molar-refractivity contribution in [2.75, 3.05) is 0 Å². The molecule has 0 saturated heterocycles. The molecule has 0 spiro atoms.